The highest BCUT2D eigenvalue weighted by Gasteiger charge is 2.17. The lowest BCUT2D eigenvalue weighted by atomic mass is 10.1. The van der Waals surface area contributed by atoms with Gasteiger partial charge in [-0.05, 0) is 42.6 Å². The molecule has 0 aliphatic rings. The van der Waals surface area contributed by atoms with Crippen LogP contribution >= 0.6 is 11.3 Å². The number of aromatic nitrogens is 1. The van der Waals surface area contributed by atoms with Gasteiger partial charge in [0.05, 0.1) is 17.6 Å². The maximum atomic E-state index is 12.7. The summed E-state index contributed by atoms with van der Waals surface area (Å²) in [5.41, 5.74) is 1.52. The summed E-state index contributed by atoms with van der Waals surface area (Å²) >= 11 is 1.55. The largest absolute Gasteiger partial charge is 0.460 e. The standard InChI is InChI=1S/C22H18N2O4S/c1-14-8-9-20(28-14)19-11-17(16-6-2-3-7-18(16)24-19)22(26)27-13-21(25)23-12-15-5-4-10-29-15/h2-11H,12-13H2,1H3,(H,23,25). The minimum Gasteiger partial charge on any atom is -0.460 e. The van der Waals surface area contributed by atoms with Gasteiger partial charge in [0.15, 0.2) is 12.4 Å². The van der Waals surface area contributed by atoms with E-state index in [4.69, 9.17) is 9.15 Å². The van der Waals surface area contributed by atoms with Crippen LogP contribution in [0.3, 0.4) is 0 Å². The number of esters is 1. The molecule has 0 radical (unpaired) electrons. The predicted molar refractivity (Wildman–Crippen MR) is 111 cm³/mol. The van der Waals surface area contributed by atoms with Gasteiger partial charge >= 0.3 is 5.97 Å². The molecule has 0 aliphatic heterocycles. The van der Waals surface area contributed by atoms with Crippen LogP contribution in [0.2, 0.25) is 0 Å². The van der Waals surface area contributed by atoms with Crippen molar-refractivity contribution >= 4 is 34.1 Å². The van der Waals surface area contributed by atoms with E-state index in [0.29, 0.717) is 34.5 Å². The third kappa shape index (κ3) is 4.35. The first kappa shape index (κ1) is 18.9. The molecule has 4 rings (SSSR count). The zero-order chi connectivity index (χ0) is 20.2. The number of ether oxygens (including phenoxy) is 1. The highest BCUT2D eigenvalue weighted by Crippen LogP contribution is 2.26. The average Bonchev–Trinajstić information content (AvgIpc) is 3.41. The summed E-state index contributed by atoms with van der Waals surface area (Å²) in [5, 5.41) is 5.33. The first-order valence-electron chi connectivity index (χ1n) is 9.03. The van der Waals surface area contributed by atoms with Crippen LogP contribution in [0, 0.1) is 6.92 Å². The summed E-state index contributed by atoms with van der Waals surface area (Å²) in [6.07, 6.45) is 0. The lowest BCUT2D eigenvalue weighted by molar-refractivity contribution is -0.124. The number of amides is 1. The van der Waals surface area contributed by atoms with Crippen molar-refractivity contribution in [1.29, 1.82) is 0 Å². The Labute approximate surface area is 171 Å². The second-order valence-electron chi connectivity index (χ2n) is 6.41. The van der Waals surface area contributed by atoms with E-state index in [1.807, 2.05) is 48.7 Å². The van der Waals surface area contributed by atoms with Gasteiger partial charge in [-0.15, -0.1) is 11.3 Å². The number of para-hydroxylation sites is 1. The van der Waals surface area contributed by atoms with Crippen molar-refractivity contribution < 1.29 is 18.7 Å². The minimum absolute atomic E-state index is 0.339. The number of nitrogens with one attached hydrogen (secondary N) is 1. The number of carbonyl (C=O) groups excluding carboxylic acids is 2. The maximum Gasteiger partial charge on any atom is 0.339 e. The molecule has 1 aromatic carbocycles. The number of pyridine rings is 1. The van der Waals surface area contributed by atoms with Crippen LogP contribution in [0.1, 0.15) is 21.0 Å². The molecule has 0 atom stereocenters. The fourth-order valence-electron chi connectivity index (χ4n) is 2.90. The van der Waals surface area contributed by atoms with E-state index in [0.717, 1.165) is 10.6 Å². The number of hydrogen-bond donors (Lipinski definition) is 1. The Morgan fingerprint density at radius 3 is 2.76 bits per heavy atom. The molecule has 0 aliphatic carbocycles. The second-order valence-corrected chi connectivity index (χ2v) is 7.45. The molecule has 29 heavy (non-hydrogen) atoms. The third-order valence-corrected chi connectivity index (χ3v) is 5.18. The topological polar surface area (TPSA) is 81.4 Å². The molecule has 0 fully saturated rings. The van der Waals surface area contributed by atoms with E-state index >= 15 is 0 Å². The summed E-state index contributed by atoms with van der Waals surface area (Å²) in [7, 11) is 0. The lowest BCUT2D eigenvalue weighted by Crippen LogP contribution is -2.28. The summed E-state index contributed by atoms with van der Waals surface area (Å²) in [4.78, 5) is 30.4. The first-order chi connectivity index (χ1) is 14.1. The van der Waals surface area contributed by atoms with E-state index in [1.165, 1.54) is 0 Å². The Hall–Kier alpha value is -3.45. The number of aryl methyl sites for hydroxylation is 1. The molecule has 4 aromatic rings. The number of hydrogen-bond acceptors (Lipinski definition) is 6. The number of furan rings is 1. The zero-order valence-electron chi connectivity index (χ0n) is 15.7. The summed E-state index contributed by atoms with van der Waals surface area (Å²) < 4.78 is 10.9. The van der Waals surface area contributed by atoms with Gasteiger partial charge in [-0.3, -0.25) is 4.79 Å². The molecular formula is C22H18N2O4S. The molecule has 0 spiro atoms. The molecule has 146 valence electrons. The van der Waals surface area contributed by atoms with Crippen LogP contribution in [0.5, 0.6) is 0 Å². The highest BCUT2D eigenvalue weighted by molar-refractivity contribution is 7.09. The van der Waals surface area contributed by atoms with E-state index in [2.05, 4.69) is 10.3 Å². The number of thiophene rings is 1. The second kappa shape index (κ2) is 8.28. The predicted octanol–water partition coefficient (Wildman–Crippen LogP) is 4.34. The Kier molecular flexibility index (Phi) is 5.39. The van der Waals surface area contributed by atoms with E-state index in [1.54, 1.807) is 29.5 Å². The Balaban J connectivity index is 1.52. The number of rotatable bonds is 6. The van der Waals surface area contributed by atoms with E-state index in [9.17, 15) is 9.59 Å². The van der Waals surface area contributed by atoms with Crippen LogP contribution in [0.4, 0.5) is 0 Å². The van der Waals surface area contributed by atoms with Crippen LogP contribution in [-0.2, 0) is 16.1 Å². The Morgan fingerprint density at radius 1 is 1.14 bits per heavy atom. The maximum absolute atomic E-state index is 12.7. The molecule has 0 saturated carbocycles. The van der Waals surface area contributed by atoms with Gasteiger partial charge in [-0.25, -0.2) is 9.78 Å². The molecule has 3 heterocycles. The zero-order valence-corrected chi connectivity index (χ0v) is 16.5. The van der Waals surface area contributed by atoms with Crippen LogP contribution < -0.4 is 5.32 Å². The van der Waals surface area contributed by atoms with Crippen molar-refractivity contribution in [3.63, 3.8) is 0 Å². The van der Waals surface area contributed by atoms with E-state index < -0.39 is 5.97 Å². The molecule has 0 unspecified atom stereocenters. The fourth-order valence-corrected chi connectivity index (χ4v) is 3.55. The SMILES string of the molecule is Cc1ccc(-c2cc(C(=O)OCC(=O)NCc3cccs3)c3ccccc3n2)o1. The highest BCUT2D eigenvalue weighted by atomic mass is 32.1. The van der Waals surface area contributed by atoms with Gasteiger partial charge in [0.2, 0.25) is 0 Å². The number of fused-ring (bicyclic) bond motifs is 1. The van der Waals surface area contributed by atoms with Crippen LogP contribution in [-0.4, -0.2) is 23.5 Å². The molecule has 6 nitrogen and oxygen atoms in total. The molecule has 1 amide bonds. The van der Waals surface area contributed by atoms with Crippen molar-refractivity contribution in [1.82, 2.24) is 10.3 Å². The smallest absolute Gasteiger partial charge is 0.339 e. The average molecular weight is 406 g/mol. The number of benzene rings is 1. The van der Waals surface area contributed by atoms with Gasteiger partial charge in [0.25, 0.3) is 5.91 Å². The lowest BCUT2D eigenvalue weighted by Gasteiger charge is -2.09. The van der Waals surface area contributed by atoms with Gasteiger partial charge in [0.1, 0.15) is 11.5 Å². The third-order valence-electron chi connectivity index (χ3n) is 4.30. The Bertz CT molecular complexity index is 1160. The van der Waals surface area contributed by atoms with Gasteiger partial charge < -0.3 is 14.5 Å². The van der Waals surface area contributed by atoms with Crippen molar-refractivity contribution in [3.8, 4) is 11.5 Å². The normalized spacial score (nSPS) is 10.8. The van der Waals surface area contributed by atoms with Gasteiger partial charge in [-0.2, -0.15) is 0 Å². The fraction of sp³-hybridized carbons (Fsp3) is 0.136. The summed E-state index contributed by atoms with van der Waals surface area (Å²) in [5.74, 6) is 0.379. The molecule has 1 N–H and O–H groups in total. The first-order valence-corrected chi connectivity index (χ1v) is 9.91. The number of carbonyl (C=O) groups is 2. The quantitative estimate of drug-likeness (QED) is 0.482. The molecular weight excluding hydrogens is 388 g/mol. The minimum atomic E-state index is -0.584. The van der Waals surface area contributed by atoms with Crippen LogP contribution in [0.25, 0.3) is 22.4 Å². The molecule has 0 saturated heterocycles. The van der Waals surface area contributed by atoms with Crippen molar-refractivity contribution in [3.05, 3.63) is 76.2 Å². The molecule has 0 bridgehead atoms. The van der Waals surface area contributed by atoms with Gasteiger partial charge in [0, 0.05) is 10.3 Å². The Morgan fingerprint density at radius 2 is 2.00 bits per heavy atom. The van der Waals surface area contributed by atoms with Crippen molar-refractivity contribution in [2.45, 2.75) is 13.5 Å². The number of nitrogens with zero attached hydrogens (tertiary/aromatic N) is 1. The summed E-state index contributed by atoms with van der Waals surface area (Å²) in [6, 6.07) is 16.4. The van der Waals surface area contributed by atoms with Gasteiger partial charge in [-0.1, -0.05) is 24.3 Å². The van der Waals surface area contributed by atoms with Crippen molar-refractivity contribution in [2.24, 2.45) is 0 Å². The van der Waals surface area contributed by atoms with Crippen molar-refractivity contribution in [2.75, 3.05) is 6.61 Å². The van der Waals surface area contributed by atoms with E-state index in [-0.39, 0.29) is 12.5 Å². The van der Waals surface area contributed by atoms with Crippen LogP contribution in [0.15, 0.2) is 64.4 Å². The molecule has 7 heteroatoms. The molecule has 3 aromatic heterocycles. The summed E-state index contributed by atoms with van der Waals surface area (Å²) in [6.45, 7) is 1.90. The monoisotopic (exact) mass is 406 g/mol.